The first-order valence-corrected chi connectivity index (χ1v) is 8.69. The van der Waals surface area contributed by atoms with Crippen LogP contribution in [0.1, 0.15) is 16.2 Å². The van der Waals surface area contributed by atoms with E-state index in [1.54, 1.807) is 12.4 Å². The number of halogens is 1. The van der Waals surface area contributed by atoms with E-state index in [9.17, 15) is 4.79 Å². The summed E-state index contributed by atoms with van der Waals surface area (Å²) < 4.78 is 5.72. The lowest BCUT2D eigenvalue weighted by Crippen LogP contribution is -2.49. The van der Waals surface area contributed by atoms with E-state index in [-0.39, 0.29) is 5.91 Å². The SMILES string of the molecule is Cc1cnc(C(=O)N2CCN(CCOc3ccccc3Cl)CC2)cn1. The number of carbonyl (C=O) groups is 1. The molecule has 1 aromatic carbocycles. The molecule has 2 heterocycles. The first kappa shape index (κ1) is 17.6. The summed E-state index contributed by atoms with van der Waals surface area (Å²) >= 11 is 6.07. The van der Waals surface area contributed by atoms with E-state index in [4.69, 9.17) is 16.3 Å². The Morgan fingerprint density at radius 2 is 1.92 bits per heavy atom. The molecule has 2 aromatic rings. The lowest BCUT2D eigenvalue weighted by Gasteiger charge is -2.34. The summed E-state index contributed by atoms with van der Waals surface area (Å²) in [6.45, 7) is 6.22. The second-order valence-electron chi connectivity index (χ2n) is 5.96. The van der Waals surface area contributed by atoms with Gasteiger partial charge in [0.2, 0.25) is 0 Å². The van der Waals surface area contributed by atoms with Crippen molar-refractivity contribution in [2.45, 2.75) is 6.92 Å². The Labute approximate surface area is 152 Å². The zero-order valence-electron chi connectivity index (χ0n) is 14.2. The van der Waals surface area contributed by atoms with Gasteiger partial charge in [-0.1, -0.05) is 23.7 Å². The van der Waals surface area contributed by atoms with Crippen molar-refractivity contribution in [2.24, 2.45) is 0 Å². The molecule has 3 rings (SSSR count). The number of piperazine rings is 1. The molecule has 0 radical (unpaired) electrons. The molecule has 7 heteroatoms. The Hall–Kier alpha value is -2.18. The Morgan fingerprint density at radius 1 is 1.16 bits per heavy atom. The number of aryl methyl sites for hydroxylation is 1. The molecule has 0 bridgehead atoms. The molecule has 0 aliphatic carbocycles. The zero-order chi connectivity index (χ0) is 17.6. The predicted octanol–water partition coefficient (Wildman–Crippen LogP) is 2.28. The van der Waals surface area contributed by atoms with Gasteiger partial charge in [-0.05, 0) is 19.1 Å². The molecule has 1 aliphatic rings. The van der Waals surface area contributed by atoms with Crippen LogP contribution < -0.4 is 4.74 Å². The summed E-state index contributed by atoms with van der Waals surface area (Å²) in [4.78, 5) is 24.8. The van der Waals surface area contributed by atoms with Crippen LogP contribution in [0.3, 0.4) is 0 Å². The fraction of sp³-hybridized carbons (Fsp3) is 0.389. The van der Waals surface area contributed by atoms with Crippen LogP contribution in [0.15, 0.2) is 36.7 Å². The molecule has 1 amide bonds. The van der Waals surface area contributed by atoms with E-state index in [1.807, 2.05) is 36.1 Å². The smallest absolute Gasteiger partial charge is 0.274 e. The molecule has 132 valence electrons. The topological polar surface area (TPSA) is 58.6 Å². The molecule has 25 heavy (non-hydrogen) atoms. The average molecular weight is 361 g/mol. The Kier molecular flexibility index (Phi) is 5.83. The Morgan fingerprint density at radius 3 is 2.60 bits per heavy atom. The van der Waals surface area contributed by atoms with Crippen LogP contribution in [0.5, 0.6) is 5.75 Å². The van der Waals surface area contributed by atoms with E-state index in [0.29, 0.717) is 36.2 Å². The number of hydrogen-bond donors (Lipinski definition) is 0. The summed E-state index contributed by atoms with van der Waals surface area (Å²) in [6, 6.07) is 7.46. The second kappa shape index (κ2) is 8.27. The molecular formula is C18H21ClN4O2. The number of ether oxygens (including phenoxy) is 1. The normalized spacial score (nSPS) is 15.2. The number of carbonyl (C=O) groups excluding carboxylic acids is 1. The third kappa shape index (κ3) is 4.67. The summed E-state index contributed by atoms with van der Waals surface area (Å²) in [5.74, 6) is 0.649. The molecule has 1 fully saturated rings. The first-order valence-electron chi connectivity index (χ1n) is 8.31. The van der Waals surface area contributed by atoms with Gasteiger partial charge in [-0.25, -0.2) is 4.98 Å². The van der Waals surface area contributed by atoms with Gasteiger partial charge in [0.15, 0.2) is 0 Å². The van der Waals surface area contributed by atoms with Crippen molar-refractivity contribution >= 4 is 17.5 Å². The fourth-order valence-corrected chi connectivity index (χ4v) is 2.88. The lowest BCUT2D eigenvalue weighted by atomic mass is 10.2. The highest BCUT2D eigenvalue weighted by Gasteiger charge is 2.23. The van der Waals surface area contributed by atoms with Gasteiger partial charge in [0, 0.05) is 38.9 Å². The van der Waals surface area contributed by atoms with Gasteiger partial charge in [-0.2, -0.15) is 0 Å². The van der Waals surface area contributed by atoms with Crippen LogP contribution in [0.25, 0.3) is 0 Å². The largest absolute Gasteiger partial charge is 0.491 e. The predicted molar refractivity (Wildman–Crippen MR) is 96.1 cm³/mol. The van der Waals surface area contributed by atoms with Gasteiger partial charge >= 0.3 is 0 Å². The van der Waals surface area contributed by atoms with Crippen molar-refractivity contribution in [1.29, 1.82) is 0 Å². The molecule has 1 saturated heterocycles. The Bertz CT molecular complexity index is 715. The van der Waals surface area contributed by atoms with Crippen molar-refractivity contribution < 1.29 is 9.53 Å². The minimum Gasteiger partial charge on any atom is -0.491 e. The van der Waals surface area contributed by atoms with E-state index in [0.717, 1.165) is 25.3 Å². The van der Waals surface area contributed by atoms with Gasteiger partial charge in [0.05, 0.1) is 16.9 Å². The second-order valence-corrected chi connectivity index (χ2v) is 6.36. The maximum absolute atomic E-state index is 12.4. The summed E-state index contributed by atoms with van der Waals surface area (Å²) in [5.41, 5.74) is 1.21. The first-order chi connectivity index (χ1) is 12.1. The molecule has 1 aliphatic heterocycles. The number of aromatic nitrogens is 2. The van der Waals surface area contributed by atoms with Gasteiger partial charge in [0.1, 0.15) is 18.1 Å². The maximum atomic E-state index is 12.4. The van der Waals surface area contributed by atoms with Gasteiger partial charge in [-0.3, -0.25) is 14.7 Å². The van der Waals surface area contributed by atoms with Crippen molar-refractivity contribution in [3.63, 3.8) is 0 Å². The molecule has 0 spiro atoms. The van der Waals surface area contributed by atoms with E-state index < -0.39 is 0 Å². The monoisotopic (exact) mass is 360 g/mol. The van der Waals surface area contributed by atoms with Crippen LogP contribution in [-0.4, -0.2) is 65.0 Å². The number of benzene rings is 1. The standard InChI is InChI=1S/C18H21ClN4O2/c1-14-12-21-16(13-20-14)18(24)23-8-6-22(7-9-23)10-11-25-17-5-3-2-4-15(17)19/h2-5,12-13H,6-11H2,1H3. The van der Waals surface area contributed by atoms with Crippen LogP contribution in [0.4, 0.5) is 0 Å². The van der Waals surface area contributed by atoms with Gasteiger partial charge in [0.25, 0.3) is 5.91 Å². The van der Waals surface area contributed by atoms with Gasteiger partial charge in [-0.15, -0.1) is 0 Å². The van der Waals surface area contributed by atoms with Crippen molar-refractivity contribution in [3.8, 4) is 5.75 Å². The van der Waals surface area contributed by atoms with Crippen LogP contribution >= 0.6 is 11.6 Å². The van der Waals surface area contributed by atoms with E-state index in [1.165, 1.54) is 0 Å². The third-order valence-electron chi connectivity index (χ3n) is 4.16. The molecule has 0 N–H and O–H groups in total. The summed E-state index contributed by atoms with van der Waals surface area (Å²) in [6.07, 6.45) is 3.16. The third-order valence-corrected chi connectivity index (χ3v) is 4.47. The molecule has 1 aromatic heterocycles. The molecule has 6 nitrogen and oxygen atoms in total. The van der Waals surface area contributed by atoms with E-state index in [2.05, 4.69) is 14.9 Å². The lowest BCUT2D eigenvalue weighted by molar-refractivity contribution is 0.0614. The quantitative estimate of drug-likeness (QED) is 0.818. The average Bonchev–Trinajstić information content (AvgIpc) is 2.64. The number of amides is 1. The zero-order valence-corrected chi connectivity index (χ0v) is 14.9. The number of rotatable bonds is 5. The van der Waals surface area contributed by atoms with E-state index >= 15 is 0 Å². The van der Waals surface area contributed by atoms with Crippen molar-refractivity contribution in [1.82, 2.24) is 19.8 Å². The summed E-state index contributed by atoms with van der Waals surface area (Å²) in [5, 5.41) is 0.622. The Balaban J connectivity index is 1.43. The van der Waals surface area contributed by atoms with Crippen LogP contribution in [0.2, 0.25) is 5.02 Å². The highest BCUT2D eigenvalue weighted by Crippen LogP contribution is 2.22. The highest BCUT2D eigenvalue weighted by molar-refractivity contribution is 6.32. The molecule has 0 saturated carbocycles. The fourth-order valence-electron chi connectivity index (χ4n) is 2.69. The van der Waals surface area contributed by atoms with Crippen molar-refractivity contribution in [2.75, 3.05) is 39.3 Å². The minimum absolute atomic E-state index is 0.0560. The molecule has 0 unspecified atom stereocenters. The van der Waals surface area contributed by atoms with Crippen LogP contribution in [0, 0.1) is 6.92 Å². The molecule has 0 atom stereocenters. The maximum Gasteiger partial charge on any atom is 0.274 e. The number of hydrogen-bond acceptors (Lipinski definition) is 5. The highest BCUT2D eigenvalue weighted by atomic mass is 35.5. The summed E-state index contributed by atoms with van der Waals surface area (Å²) in [7, 11) is 0. The van der Waals surface area contributed by atoms with Crippen molar-refractivity contribution in [3.05, 3.63) is 53.1 Å². The molecular weight excluding hydrogens is 340 g/mol. The van der Waals surface area contributed by atoms with Crippen LogP contribution in [-0.2, 0) is 0 Å². The minimum atomic E-state index is -0.0560. The number of para-hydroxylation sites is 1. The number of nitrogens with zero attached hydrogens (tertiary/aromatic N) is 4. The van der Waals surface area contributed by atoms with Gasteiger partial charge < -0.3 is 9.64 Å².